The first-order valence-electron chi connectivity index (χ1n) is 5.27. The molecule has 6 nitrogen and oxygen atoms in total. The number of ether oxygens (including phenoxy) is 2. The molecule has 1 rings (SSSR count). The van der Waals surface area contributed by atoms with E-state index in [1.165, 1.54) is 13.0 Å². The largest absolute Gasteiger partial charge is 0.502 e. The van der Waals surface area contributed by atoms with Gasteiger partial charge < -0.3 is 9.47 Å². The summed E-state index contributed by atoms with van der Waals surface area (Å²) in [6.07, 6.45) is -4.28. The van der Waals surface area contributed by atoms with Crippen molar-refractivity contribution in [2.45, 2.75) is 20.0 Å². The molecule has 104 valence electrons. The zero-order valence-corrected chi connectivity index (χ0v) is 10.2. The zero-order chi connectivity index (χ0) is 14.6. The minimum atomic E-state index is -4.28. The van der Waals surface area contributed by atoms with Crippen LogP contribution in [0.4, 0.5) is 14.5 Å². The third kappa shape index (κ3) is 3.60. The van der Waals surface area contributed by atoms with Crippen LogP contribution in [-0.4, -0.2) is 23.6 Å². The average Bonchev–Trinajstić information content (AvgIpc) is 2.31. The maximum Gasteiger partial charge on any atom is 0.502 e. The van der Waals surface area contributed by atoms with E-state index < -0.39 is 28.4 Å². The van der Waals surface area contributed by atoms with Gasteiger partial charge in [-0.3, -0.25) is 10.1 Å². The molecule has 19 heavy (non-hydrogen) atoms. The molecule has 0 saturated heterocycles. The number of nitro groups is 1. The Morgan fingerprint density at radius 2 is 2.11 bits per heavy atom. The maximum atomic E-state index is 13.3. The minimum absolute atomic E-state index is 0.256. The van der Waals surface area contributed by atoms with Gasteiger partial charge >= 0.3 is 17.8 Å². The van der Waals surface area contributed by atoms with Crippen molar-refractivity contribution in [3.05, 3.63) is 33.9 Å². The van der Waals surface area contributed by atoms with E-state index in [4.69, 9.17) is 0 Å². The highest BCUT2D eigenvalue weighted by atomic mass is 19.3. The standard InChI is InChI=1S/C11H11F2NO5/c1-3-18-10(15)11(12,13)19-9-5-4-7(2)6-8(9)14(16)17/h4-6H,3H2,1-2H3. The van der Waals surface area contributed by atoms with Gasteiger partial charge in [0.15, 0.2) is 0 Å². The third-order valence-corrected chi connectivity index (χ3v) is 2.06. The van der Waals surface area contributed by atoms with E-state index in [1.807, 2.05) is 0 Å². The average molecular weight is 275 g/mol. The summed E-state index contributed by atoms with van der Waals surface area (Å²) in [6.45, 7) is 2.65. The molecule has 0 aromatic heterocycles. The molecule has 0 bridgehead atoms. The van der Waals surface area contributed by atoms with Crippen molar-refractivity contribution < 1.29 is 28.0 Å². The van der Waals surface area contributed by atoms with E-state index in [2.05, 4.69) is 9.47 Å². The van der Waals surface area contributed by atoms with Crippen LogP contribution < -0.4 is 4.74 Å². The molecular formula is C11H11F2NO5. The number of esters is 1. The van der Waals surface area contributed by atoms with Gasteiger partial charge in [0.1, 0.15) is 0 Å². The molecule has 0 aliphatic rings. The first-order valence-corrected chi connectivity index (χ1v) is 5.27. The van der Waals surface area contributed by atoms with Crippen molar-refractivity contribution in [1.82, 2.24) is 0 Å². The van der Waals surface area contributed by atoms with Crippen molar-refractivity contribution in [3.63, 3.8) is 0 Å². The van der Waals surface area contributed by atoms with E-state index in [1.54, 1.807) is 6.92 Å². The molecule has 0 heterocycles. The Bertz CT molecular complexity index is 504. The highest BCUT2D eigenvalue weighted by Crippen LogP contribution is 2.32. The highest BCUT2D eigenvalue weighted by molar-refractivity contribution is 5.76. The normalized spacial score (nSPS) is 10.9. The van der Waals surface area contributed by atoms with Gasteiger partial charge in [-0.25, -0.2) is 4.79 Å². The maximum absolute atomic E-state index is 13.3. The number of rotatable bonds is 5. The second-order valence-corrected chi connectivity index (χ2v) is 3.57. The summed E-state index contributed by atoms with van der Waals surface area (Å²) in [5.74, 6) is -2.60. The van der Waals surface area contributed by atoms with Crippen LogP contribution in [0.25, 0.3) is 0 Å². The molecule has 0 spiro atoms. The molecule has 0 unspecified atom stereocenters. The quantitative estimate of drug-likeness (QED) is 0.468. The summed E-state index contributed by atoms with van der Waals surface area (Å²) >= 11 is 0. The molecule has 1 aromatic carbocycles. The lowest BCUT2D eigenvalue weighted by Gasteiger charge is -2.15. The predicted molar refractivity (Wildman–Crippen MR) is 60.0 cm³/mol. The van der Waals surface area contributed by atoms with E-state index in [9.17, 15) is 23.7 Å². The lowest BCUT2D eigenvalue weighted by Crippen LogP contribution is -2.37. The monoisotopic (exact) mass is 275 g/mol. The van der Waals surface area contributed by atoms with E-state index in [0.717, 1.165) is 12.1 Å². The number of nitro benzene ring substituents is 1. The van der Waals surface area contributed by atoms with E-state index >= 15 is 0 Å². The van der Waals surface area contributed by atoms with Crippen molar-refractivity contribution >= 4 is 11.7 Å². The third-order valence-electron chi connectivity index (χ3n) is 2.06. The number of alkyl halides is 2. The summed E-state index contributed by atoms with van der Waals surface area (Å²) in [5, 5.41) is 10.7. The van der Waals surface area contributed by atoms with Crippen LogP contribution in [0.2, 0.25) is 0 Å². The molecule has 1 aromatic rings. The Hall–Kier alpha value is -2.25. The topological polar surface area (TPSA) is 78.7 Å². The number of carbonyl (C=O) groups is 1. The number of benzene rings is 1. The fourth-order valence-corrected chi connectivity index (χ4v) is 1.25. The van der Waals surface area contributed by atoms with Crippen LogP contribution in [0.15, 0.2) is 18.2 Å². The van der Waals surface area contributed by atoms with Crippen LogP contribution in [0.1, 0.15) is 12.5 Å². The van der Waals surface area contributed by atoms with Crippen molar-refractivity contribution in [3.8, 4) is 5.75 Å². The number of aryl methyl sites for hydroxylation is 1. The van der Waals surface area contributed by atoms with Crippen molar-refractivity contribution in [2.24, 2.45) is 0 Å². The second-order valence-electron chi connectivity index (χ2n) is 3.57. The smallest absolute Gasteiger partial charge is 0.459 e. The van der Waals surface area contributed by atoms with Gasteiger partial charge in [-0.05, 0) is 25.5 Å². The van der Waals surface area contributed by atoms with Gasteiger partial charge in [-0.15, -0.1) is 0 Å². The predicted octanol–water partition coefficient (Wildman–Crippen LogP) is 2.44. The van der Waals surface area contributed by atoms with E-state index in [-0.39, 0.29) is 6.61 Å². The Morgan fingerprint density at radius 3 is 2.63 bits per heavy atom. The number of hydrogen-bond donors (Lipinski definition) is 0. The second kappa shape index (κ2) is 5.59. The summed E-state index contributed by atoms with van der Waals surface area (Å²) in [6, 6.07) is 3.42. The molecule has 0 saturated carbocycles. The summed E-state index contributed by atoms with van der Waals surface area (Å²) in [7, 11) is 0. The fraction of sp³-hybridized carbons (Fsp3) is 0.364. The first-order chi connectivity index (χ1) is 8.77. The van der Waals surface area contributed by atoms with Gasteiger partial charge in [-0.2, -0.15) is 8.78 Å². The molecular weight excluding hydrogens is 264 g/mol. The fourth-order valence-electron chi connectivity index (χ4n) is 1.25. The molecule has 0 atom stereocenters. The lowest BCUT2D eigenvalue weighted by atomic mass is 10.2. The van der Waals surface area contributed by atoms with Crippen LogP contribution in [0.3, 0.4) is 0 Å². The van der Waals surface area contributed by atoms with Gasteiger partial charge in [0, 0.05) is 6.07 Å². The first kappa shape index (κ1) is 14.8. The van der Waals surface area contributed by atoms with Crippen LogP contribution in [0, 0.1) is 17.0 Å². The van der Waals surface area contributed by atoms with Gasteiger partial charge in [-0.1, -0.05) is 6.07 Å². The van der Waals surface area contributed by atoms with Crippen molar-refractivity contribution in [2.75, 3.05) is 6.61 Å². The Labute approximate surface area is 107 Å². The lowest BCUT2D eigenvalue weighted by molar-refractivity contribution is -0.387. The molecule has 0 aliphatic carbocycles. The molecule has 0 aliphatic heterocycles. The Balaban J connectivity index is 3.05. The molecule has 8 heteroatoms. The molecule has 0 N–H and O–H groups in total. The molecule has 0 fully saturated rings. The van der Waals surface area contributed by atoms with Crippen LogP contribution in [0.5, 0.6) is 5.75 Å². The highest BCUT2D eigenvalue weighted by Gasteiger charge is 2.45. The minimum Gasteiger partial charge on any atom is -0.459 e. The number of hydrogen-bond acceptors (Lipinski definition) is 5. The van der Waals surface area contributed by atoms with Gasteiger partial charge in [0.25, 0.3) is 0 Å². The summed E-state index contributed by atoms with van der Waals surface area (Å²) in [4.78, 5) is 20.8. The summed E-state index contributed by atoms with van der Waals surface area (Å²) < 4.78 is 34.9. The number of carbonyl (C=O) groups excluding carboxylic acids is 1. The molecule has 0 radical (unpaired) electrons. The Kier molecular flexibility index (Phi) is 4.36. The van der Waals surface area contributed by atoms with Gasteiger partial charge in [0.05, 0.1) is 11.5 Å². The number of halogens is 2. The van der Waals surface area contributed by atoms with Crippen LogP contribution in [-0.2, 0) is 9.53 Å². The number of nitrogens with zero attached hydrogens (tertiary/aromatic N) is 1. The Morgan fingerprint density at radius 1 is 1.47 bits per heavy atom. The van der Waals surface area contributed by atoms with Gasteiger partial charge in [0.2, 0.25) is 5.75 Å². The van der Waals surface area contributed by atoms with Crippen LogP contribution >= 0.6 is 0 Å². The summed E-state index contributed by atoms with van der Waals surface area (Å²) in [5.41, 5.74) is -0.150. The SMILES string of the molecule is CCOC(=O)C(F)(F)Oc1ccc(C)cc1[N+](=O)[O-]. The van der Waals surface area contributed by atoms with Crippen molar-refractivity contribution in [1.29, 1.82) is 0 Å². The molecule has 0 amide bonds. The van der Waals surface area contributed by atoms with E-state index in [0.29, 0.717) is 5.56 Å². The zero-order valence-electron chi connectivity index (χ0n) is 10.2.